The van der Waals surface area contributed by atoms with Crippen molar-refractivity contribution in [2.24, 2.45) is 11.3 Å². The molecule has 22 heavy (non-hydrogen) atoms. The molecule has 5 heteroatoms. The molecule has 1 aliphatic rings. The predicted octanol–water partition coefficient (Wildman–Crippen LogP) is 2.61. The fraction of sp³-hybridized carbons (Fsp3) is 0.882. The van der Waals surface area contributed by atoms with Crippen LogP contribution < -0.4 is 5.32 Å². The fourth-order valence-corrected chi connectivity index (χ4v) is 3.34. The van der Waals surface area contributed by atoms with Gasteiger partial charge in [0, 0.05) is 19.1 Å². The Balaban J connectivity index is 1.70. The van der Waals surface area contributed by atoms with Crippen LogP contribution in [-0.2, 0) is 6.54 Å². The van der Waals surface area contributed by atoms with Gasteiger partial charge in [-0.25, -0.2) is 4.98 Å². The van der Waals surface area contributed by atoms with Crippen molar-refractivity contribution in [2.45, 2.75) is 78.0 Å². The van der Waals surface area contributed by atoms with Crippen molar-refractivity contribution in [3.05, 3.63) is 12.7 Å². The molecule has 126 valence electrons. The van der Waals surface area contributed by atoms with Gasteiger partial charge in [-0.15, -0.1) is 0 Å². The Morgan fingerprint density at radius 1 is 1.36 bits per heavy atom. The summed E-state index contributed by atoms with van der Waals surface area (Å²) in [5, 5.41) is 18.4. The SMILES string of the molecule is CC(CCn1cncn1)NCC1(O)CCC(C(C)(C)C)CC1. The van der Waals surface area contributed by atoms with Gasteiger partial charge in [0.2, 0.25) is 0 Å². The largest absolute Gasteiger partial charge is 0.389 e. The topological polar surface area (TPSA) is 63.0 Å². The Hall–Kier alpha value is -0.940. The molecule has 0 radical (unpaired) electrons. The summed E-state index contributed by atoms with van der Waals surface area (Å²) in [7, 11) is 0. The van der Waals surface area contributed by atoms with Crippen molar-refractivity contribution in [1.29, 1.82) is 0 Å². The first kappa shape index (κ1) is 17.4. The molecule has 2 rings (SSSR count). The van der Waals surface area contributed by atoms with Crippen LogP contribution in [-0.4, -0.2) is 38.1 Å². The summed E-state index contributed by atoms with van der Waals surface area (Å²) >= 11 is 0. The Bertz CT molecular complexity index is 430. The Morgan fingerprint density at radius 2 is 2.05 bits per heavy atom. The Kier molecular flexibility index (Phi) is 5.61. The van der Waals surface area contributed by atoms with Gasteiger partial charge in [-0.05, 0) is 50.4 Å². The molecule has 1 fully saturated rings. The van der Waals surface area contributed by atoms with Crippen molar-refractivity contribution < 1.29 is 5.11 Å². The highest BCUT2D eigenvalue weighted by Gasteiger charge is 2.37. The van der Waals surface area contributed by atoms with Gasteiger partial charge in [0.1, 0.15) is 12.7 Å². The van der Waals surface area contributed by atoms with E-state index >= 15 is 0 Å². The van der Waals surface area contributed by atoms with Gasteiger partial charge < -0.3 is 10.4 Å². The zero-order chi connectivity index (χ0) is 16.2. The minimum absolute atomic E-state index is 0.361. The van der Waals surface area contributed by atoms with E-state index in [1.54, 1.807) is 12.7 Å². The monoisotopic (exact) mass is 308 g/mol. The smallest absolute Gasteiger partial charge is 0.137 e. The Labute approximate surface area is 134 Å². The standard InChI is InChI=1S/C17H32N4O/c1-14(7-10-21-13-18-12-20-21)19-11-17(22)8-5-15(6-9-17)16(2,3)4/h12-15,19,22H,5-11H2,1-4H3. The summed E-state index contributed by atoms with van der Waals surface area (Å²) in [5.41, 5.74) is -0.164. The van der Waals surface area contributed by atoms with E-state index < -0.39 is 5.60 Å². The fourth-order valence-electron chi connectivity index (χ4n) is 3.34. The number of aromatic nitrogens is 3. The normalized spacial score (nSPS) is 27.8. The molecule has 0 amide bonds. The number of aliphatic hydroxyl groups is 1. The maximum atomic E-state index is 10.8. The number of nitrogens with one attached hydrogen (secondary N) is 1. The van der Waals surface area contributed by atoms with Gasteiger partial charge >= 0.3 is 0 Å². The van der Waals surface area contributed by atoms with Gasteiger partial charge in [0.25, 0.3) is 0 Å². The quantitative estimate of drug-likeness (QED) is 0.848. The van der Waals surface area contributed by atoms with Crippen molar-refractivity contribution in [3.8, 4) is 0 Å². The molecule has 1 atom stereocenters. The molecule has 1 heterocycles. The van der Waals surface area contributed by atoms with Crippen molar-refractivity contribution in [1.82, 2.24) is 20.1 Å². The predicted molar refractivity (Wildman–Crippen MR) is 88.5 cm³/mol. The summed E-state index contributed by atoms with van der Waals surface area (Å²) in [5.74, 6) is 0.734. The van der Waals surface area contributed by atoms with Crippen LogP contribution in [0.25, 0.3) is 0 Å². The molecule has 0 bridgehead atoms. The molecular formula is C17H32N4O. The summed E-state index contributed by atoms with van der Waals surface area (Å²) < 4.78 is 1.85. The molecule has 5 nitrogen and oxygen atoms in total. The van der Waals surface area contributed by atoms with E-state index in [1.807, 2.05) is 4.68 Å². The lowest BCUT2D eigenvalue weighted by atomic mass is 9.68. The highest BCUT2D eigenvalue weighted by molar-refractivity contribution is 4.91. The third-order valence-corrected chi connectivity index (χ3v) is 5.18. The third kappa shape index (κ3) is 5.06. The van der Waals surface area contributed by atoms with E-state index in [9.17, 15) is 5.11 Å². The molecule has 2 N–H and O–H groups in total. The number of nitrogens with zero attached hydrogens (tertiary/aromatic N) is 3. The van der Waals surface area contributed by atoms with Gasteiger partial charge in [0.15, 0.2) is 0 Å². The second kappa shape index (κ2) is 7.09. The number of aryl methyl sites for hydroxylation is 1. The molecular weight excluding hydrogens is 276 g/mol. The third-order valence-electron chi connectivity index (χ3n) is 5.18. The Morgan fingerprint density at radius 3 is 2.59 bits per heavy atom. The second-order valence-electron chi connectivity index (χ2n) is 8.09. The first-order chi connectivity index (χ1) is 10.3. The summed E-state index contributed by atoms with van der Waals surface area (Å²) in [6.07, 6.45) is 8.39. The van der Waals surface area contributed by atoms with E-state index in [0.29, 0.717) is 18.0 Å². The lowest BCUT2D eigenvalue weighted by Crippen LogP contribution is -2.47. The minimum Gasteiger partial charge on any atom is -0.389 e. The van der Waals surface area contributed by atoms with Crippen LogP contribution in [0.2, 0.25) is 0 Å². The van der Waals surface area contributed by atoms with Crippen LogP contribution in [0.15, 0.2) is 12.7 Å². The van der Waals surface area contributed by atoms with Crippen LogP contribution in [0.3, 0.4) is 0 Å². The van der Waals surface area contributed by atoms with Crippen molar-refractivity contribution in [2.75, 3.05) is 6.54 Å². The average Bonchev–Trinajstić information content (AvgIpc) is 2.96. The van der Waals surface area contributed by atoms with Crippen LogP contribution in [0.5, 0.6) is 0 Å². The van der Waals surface area contributed by atoms with Crippen LogP contribution in [0.4, 0.5) is 0 Å². The molecule has 0 saturated heterocycles. The van der Waals surface area contributed by atoms with E-state index in [-0.39, 0.29) is 0 Å². The molecule has 0 aromatic carbocycles. The maximum absolute atomic E-state index is 10.8. The first-order valence-electron chi connectivity index (χ1n) is 8.57. The van der Waals surface area contributed by atoms with Crippen LogP contribution in [0, 0.1) is 11.3 Å². The molecule has 1 aromatic heterocycles. The van der Waals surface area contributed by atoms with Crippen molar-refractivity contribution >= 4 is 0 Å². The maximum Gasteiger partial charge on any atom is 0.137 e. The number of hydrogen-bond acceptors (Lipinski definition) is 4. The molecule has 1 aromatic rings. The number of hydrogen-bond donors (Lipinski definition) is 2. The summed E-state index contributed by atoms with van der Waals surface area (Å²) in [6, 6.07) is 0.369. The van der Waals surface area contributed by atoms with Gasteiger partial charge in [0.05, 0.1) is 5.60 Å². The van der Waals surface area contributed by atoms with E-state index in [2.05, 4.69) is 43.1 Å². The zero-order valence-electron chi connectivity index (χ0n) is 14.5. The van der Waals surface area contributed by atoms with Crippen LogP contribution >= 0.6 is 0 Å². The average molecular weight is 308 g/mol. The lowest BCUT2D eigenvalue weighted by molar-refractivity contribution is -0.0253. The van der Waals surface area contributed by atoms with Crippen molar-refractivity contribution in [3.63, 3.8) is 0 Å². The van der Waals surface area contributed by atoms with Gasteiger partial charge in [-0.3, -0.25) is 4.68 Å². The lowest BCUT2D eigenvalue weighted by Gasteiger charge is -2.41. The molecule has 0 spiro atoms. The minimum atomic E-state index is -0.525. The second-order valence-corrected chi connectivity index (χ2v) is 8.09. The van der Waals surface area contributed by atoms with E-state index in [4.69, 9.17) is 0 Å². The van der Waals surface area contributed by atoms with E-state index in [0.717, 1.165) is 44.6 Å². The van der Waals surface area contributed by atoms with Gasteiger partial charge in [-0.1, -0.05) is 20.8 Å². The molecule has 1 saturated carbocycles. The highest BCUT2D eigenvalue weighted by atomic mass is 16.3. The zero-order valence-corrected chi connectivity index (χ0v) is 14.5. The van der Waals surface area contributed by atoms with Crippen LogP contribution in [0.1, 0.15) is 59.8 Å². The number of rotatable bonds is 6. The first-order valence-corrected chi connectivity index (χ1v) is 8.57. The summed E-state index contributed by atoms with van der Waals surface area (Å²) in [4.78, 5) is 3.95. The molecule has 1 aliphatic carbocycles. The highest BCUT2D eigenvalue weighted by Crippen LogP contribution is 2.41. The molecule has 0 aliphatic heterocycles. The van der Waals surface area contributed by atoms with Gasteiger partial charge in [-0.2, -0.15) is 5.10 Å². The summed E-state index contributed by atoms with van der Waals surface area (Å²) in [6.45, 7) is 10.7. The molecule has 1 unspecified atom stereocenters. The van der Waals surface area contributed by atoms with E-state index in [1.165, 1.54) is 0 Å².